The summed E-state index contributed by atoms with van der Waals surface area (Å²) < 4.78 is 0. The van der Waals surface area contributed by atoms with Gasteiger partial charge in [0.1, 0.15) is 0 Å². The van der Waals surface area contributed by atoms with E-state index in [0.717, 1.165) is 28.2 Å². The summed E-state index contributed by atoms with van der Waals surface area (Å²) in [4.78, 5) is 7.78. The van der Waals surface area contributed by atoms with E-state index in [0.29, 0.717) is 0 Å². The van der Waals surface area contributed by atoms with Crippen molar-refractivity contribution in [2.24, 2.45) is 5.92 Å². The third-order valence-corrected chi connectivity index (χ3v) is 4.86. The van der Waals surface area contributed by atoms with E-state index in [1.165, 1.54) is 32.1 Å². The van der Waals surface area contributed by atoms with E-state index in [1.807, 2.05) is 6.92 Å². The minimum absolute atomic E-state index is 0.112. The third kappa shape index (κ3) is 3.19. The van der Waals surface area contributed by atoms with Gasteiger partial charge >= 0.3 is 0 Å². The smallest absolute Gasteiger partial charge is 0.185 e. The van der Waals surface area contributed by atoms with Gasteiger partial charge in [0.25, 0.3) is 0 Å². The molecule has 0 radical (unpaired) electrons. The number of aliphatic hydroxyl groups is 1. The lowest BCUT2D eigenvalue weighted by molar-refractivity contribution is 0.284. The van der Waals surface area contributed by atoms with Crippen molar-refractivity contribution in [2.45, 2.75) is 45.6 Å². The van der Waals surface area contributed by atoms with Crippen molar-refractivity contribution < 1.29 is 5.11 Å². The molecule has 0 amide bonds. The molecule has 3 nitrogen and oxygen atoms in total. The molecule has 1 aliphatic rings. The molecular formula is C13H22N2OS. The van der Waals surface area contributed by atoms with E-state index in [1.54, 1.807) is 11.3 Å². The highest BCUT2D eigenvalue weighted by atomic mass is 32.1. The Kier molecular flexibility index (Phi) is 4.40. The Hall–Kier alpha value is -0.610. The minimum atomic E-state index is 0.112. The highest BCUT2D eigenvalue weighted by molar-refractivity contribution is 7.15. The van der Waals surface area contributed by atoms with Gasteiger partial charge in [0.15, 0.2) is 5.13 Å². The van der Waals surface area contributed by atoms with E-state index in [9.17, 15) is 5.11 Å². The Morgan fingerprint density at radius 3 is 2.65 bits per heavy atom. The van der Waals surface area contributed by atoms with Gasteiger partial charge in [0.2, 0.25) is 0 Å². The summed E-state index contributed by atoms with van der Waals surface area (Å²) in [6.07, 6.45) is 6.91. The summed E-state index contributed by atoms with van der Waals surface area (Å²) in [6, 6.07) is 0. The van der Waals surface area contributed by atoms with Gasteiger partial charge in [-0.1, -0.05) is 30.6 Å². The van der Waals surface area contributed by atoms with Crippen LogP contribution in [-0.2, 0) is 6.61 Å². The molecule has 0 unspecified atom stereocenters. The number of aryl methyl sites for hydroxylation is 1. The number of nitrogens with zero attached hydrogens (tertiary/aromatic N) is 2. The Balaban J connectivity index is 1.95. The van der Waals surface area contributed by atoms with Crippen LogP contribution in [0.3, 0.4) is 0 Å². The van der Waals surface area contributed by atoms with Crippen molar-refractivity contribution in [3.8, 4) is 0 Å². The molecular weight excluding hydrogens is 232 g/mol. The first-order chi connectivity index (χ1) is 8.20. The second-order valence-corrected chi connectivity index (χ2v) is 6.11. The van der Waals surface area contributed by atoms with Crippen molar-refractivity contribution in [2.75, 3.05) is 18.5 Å². The van der Waals surface area contributed by atoms with Gasteiger partial charge in [-0.25, -0.2) is 4.98 Å². The van der Waals surface area contributed by atoms with Gasteiger partial charge < -0.3 is 10.0 Å². The number of rotatable bonds is 4. The third-order valence-electron chi connectivity index (χ3n) is 3.61. The zero-order valence-electron chi connectivity index (χ0n) is 10.8. The highest BCUT2D eigenvalue weighted by Gasteiger charge is 2.17. The maximum absolute atomic E-state index is 9.19. The first-order valence-corrected chi connectivity index (χ1v) is 7.30. The van der Waals surface area contributed by atoms with Gasteiger partial charge in [-0.15, -0.1) is 0 Å². The van der Waals surface area contributed by atoms with Crippen molar-refractivity contribution in [3.05, 3.63) is 10.6 Å². The van der Waals surface area contributed by atoms with Gasteiger partial charge in [-0.3, -0.25) is 0 Å². The molecule has 0 aliphatic heterocycles. The second kappa shape index (κ2) is 5.83. The molecule has 4 heteroatoms. The van der Waals surface area contributed by atoms with Crippen LogP contribution in [0.15, 0.2) is 0 Å². The first-order valence-electron chi connectivity index (χ1n) is 6.49. The van der Waals surface area contributed by atoms with Gasteiger partial charge in [0.05, 0.1) is 17.2 Å². The van der Waals surface area contributed by atoms with Crippen molar-refractivity contribution in [1.29, 1.82) is 0 Å². The fraction of sp³-hybridized carbons (Fsp3) is 0.769. The Morgan fingerprint density at radius 2 is 2.06 bits per heavy atom. The quantitative estimate of drug-likeness (QED) is 0.897. The molecule has 1 N–H and O–H groups in total. The van der Waals surface area contributed by atoms with Crippen LogP contribution in [0.1, 0.15) is 42.7 Å². The summed E-state index contributed by atoms with van der Waals surface area (Å²) in [5.41, 5.74) is 0.975. The normalized spacial score (nSPS) is 17.4. The summed E-state index contributed by atoms with van der Waals surface area (Å²) in [7, 11) is 2.12. The molecule has 0 saturated heterocycles. The number of aliphatic hydroxyl groups excluding tert-OH is 1. The van der Waals surface area contributed by atoms with E-state index >= 15 is 0 Å². The highest BCUT2D eigenvalue weighted by Crippen LogP contribution is 2.29. The molecule has 0 atom stereocenters. The van der Waals surface area contributed by atoms with E-state index < -0.39 is 0 Å². The van der Waals surface area contributed by atoms with Crippen LogP contribution in [0.4, 0.5) is 5.13 Å². The van der Waals surface area contributed by atoms with Crippen molar-refractivity contribution in [3.63, 3.8) is 0 Å². The summed E-state index contributed by atoms with van der Waals surface area (Å²) >= 11 is 1.62. The largest absolute Gasteiger partial charge is 0.391 e. The second-order valence-electron chi connectivity index (χ2n) is 5.05. The SMILES string of the molecule is Cc1nc(N(C)CC2CCCCC2)sc1CO. The predicted octanol–water partition coefficient (Wildman–Crippen LogP) is 2.96. The zero-order chi connectivity index (χ0) is 12.3. The van der Waals surface area contributed by atoms with Crippen LogP contribution < -0.4 is 4.90 Å². The number of hydrogen-bond acceptors (Lipinski definition) is 4. The maximum atomic E-state index is 9.19. The van der Waals surface area contributed by atoms with Gasteiger partial charge in [0, 0.05) is 13.6 Å². The molecule has 2 rings (SSSR count). The zero-order valence-corrected chi connectivity index (χ0v) is 11.6. The average Bonchev–Trinajstić information content (AvgIpc) is 2.72. The molecule has 1 heterocycles. The van der Waals surface area contributed by atoms with Crippen LogP contribution in [0, 0.1) is 12.8 Å². The number of hydrogen-bond donors (Lipinski definition) is 1. The molecule has 17 heavy (non-hydrogen) atoms. The molecule has 0 spiro atoms. The number of aromatic nitrogens is 1. The van der Waals surface area contributed by atoms with E-state index in [-0.39, 0.29) is 6.61 Å². The molecule has 0 aromatic carbocycles. The van der Waals surface area contributed by atoms with Crippen LogP contribution in [-0.4, -0.2) is 23.7 Å². The molecule has 1 aromatic heterocycles. The summed E-state index contributed by atoms with van der Waals surface area (Å²) in [6.45, 7) is 3.19. The van der Waals surface area contributed by atoms with E-state index in [4.69, 9.17) is 0 Å². The van der Waals surface area contributed by atoms with Crippen molar-refractivity contribution in [1.82, 2.24) is 4.98 Å². The lowest BCUT2D eigenvalue weighted by atomic mass is 9.89. The Labute approximate surface area is 107 Å². The summed E-state index contributed by atoms with van der Waals surface area (Å²) in [5, 5.41) is 10.2. The molecule has 96 valence electrons. The van der Waals surface area contributed by atoms with Gasteiger partial charge in [-0.05, 0) is 25.7 Å². The van der Waals surface area contributed by atoms with E-state index in [2.05, 4.69) is 16.9 Å². The fourth-order valence-electron chi connectivity index (χ4n) is 2.56. The molecule has 1 aliphatic carbocycles. The molecule has 1 aromatic rings. The lowest BCUT2D eigenvalue weighted by Crippen LogP contribution is -2.26. The van der Waals surface area contributed by atoms with Crippen molar-refractivity contribution >= 4 is 16.5 Å². The molecule has 1 saturated carbocycles. The number of thiazole rings is 1. The van der Waals surface area contributed by atoms with Gasteiger partial charge in [-0.2, -0.15) is 0 Å². The summed E-state index contributed by atoms with van der Waals surface area (Å²) in [5.74, 6) is 0.829. The topological polar surface area (TPSA) is 36.4 Å². The maximum Gasteiger partial charge on any atom is 0.185 e. The number of anilines is 1. The van der Waals surface area contributed by atoms with Crippen LogP contribution >= 0.6 is 11.3 Å². The Bertz CT molecular complexity index is 358. The molecule has 0 bridgehead atoms. The minimum Gasteiger partial charge on any atom is -0.391 e. The lowest BCUT2D eigenvalue weighted by Gasteiger charge is -2.26. The van der Waals surface area contributed by atoms with Crippen LogP contribution in [0.2, 0.25) is 0 Å². The molecule has 1 fully saturated rings. The fourth-order valence-corrected chi connectivity index (χ4v) is 3.45. The van der Waals surface area contributed by atoms with Crippen LogP contribution in [0.25, 0.3) is 0 Å². The Morgan fingerprint density at radius 1 is 1.35 bits per heavy atom. The average molecular weight is 254 g/mol. The first kappa shape index (κ1) is 12.8. The standard InChI is InChI=1S/C13H22N2OS/c1-10-12(9-16)17-13(14-10)15(2)8-11-6-4-3-5-7-11/h11,16H,3-9H2,1-2H3. The van der Waals surface area contributed by atoms with Crippen LogP contribution in [0.5, 0.6) is 0 Å². The monoisotopic (exact) mass is 254 g/mol. The predicted molar refractivity (Wildman–Crippen MR) is 72.6 cm³/mol.